The van der Waals surface area contributed by atoms with E-state index in [1.807, 2.05) is 0 Å². The summed E-state index contributed by atoms with van der Waals surface area (Å²) in [6.07, 6.45) is 1.64. The number of imidazole rings is 1. The van der Waals surface area contributed by atoms with E-state index in [1.54, 1.807) is 29.8 Å². The first-order valence-corrected chi connectivity index (χ1v) is 7.43. The summed E-state index contributed by atoms with van der Waals surface area (Å²) < 4.78 is 7.69. The third-order valence-corrected chi connectivity index (χ3v) is 4.14. The molecule has 20 heavy (non-hydrogen) atoms. The molecule has 0 unspecified atom stereocenters. The highest BCUT2D eigenvalue weighted by molar-refractivity contribution is 9.10. The molecule has 0 saturated heterocycles. The standard InChI is InChI=1S/C12H6BrClN2O3S/c13-7-5-6(14)1-2-8(7)19-10-9(11(17)18)16-3-4-20-12(16)15-10/h1-5H,(H,17,18). The van der Waals surface area contributed by atoms with Gasteiger partial charge in [-0.05, 0) is 34.1 Å². The van der Waals surface area contributed by atoms with Crippen molar-refractivity contribution >= 4 is 49.8 Å². The number of nitrogens with zero attached hydrogens (tertiary/aromatic N) is 2. The lowest BCUT2D eigenvalue weighted by atomic mass is 10.3. The highest BCUT2D eigenvalue weighted by Crippen LogP contribution is 2.34. The first-order valence-electron chi connectivity index (χ1n) is 5.38. The average Bonchev–Trinajstić information content (AvgIpc) is 2.91. The summed E-state index contributed by atoms with van der Waals surface area (Å²) in [5.74, 6) is -0.606. The maximum absolute atomic E-state index is 11.4. The fourth-order valence-corrected chi connectivity index (χ4v) is 3.16. The number of aromatic carboxylic acids is 1. The summed E-state index contributed by atoms with van der Waals surface area (Å²) in [4.78, 5) is 16.1. The van der Waals surface area contributed by atoms with Crippen LogP contribution in [0.25, 0.3) is 4.96 Å². The molecule has 3 rings (SSSR count). The van der Waals surface area contributed by atoms with Gasteiger partial charge in [0.2, 0.25) is 0 Å². The molecule has 102 valence electrons. The minimum Gasteiger partial charge on any atom is -0.476 e. The molecule has 0 spiro atoms. The fraction of sp³-hybridized carbons (Fsp3) is 0. The van der Waals surface area contributed by atoms with E-state index in [4.69, 9.17) is 16.3 Å². The Morgan fingerprint density at radius 2 is 2.30 bits per heavy atom. The van der Waals surface area contributed by atoms with E-state index >= 15 is 0 Å². The van der Waals surface area contributed by atoms with E-state index in [1.165, 1.54) is 15.7 Å². The van der Waals surface area contributed by atoms with Crippen molar-refractivity contribution in [3.63, 3.8) is 0 Å². The molecule has 0 aliphatic heterocycles. The van der Waals surface area contributed by atoms with Crippen molar-refractivity contribution in [2.75, 3.05) is 0 Å². The number of rotatable bonds is 3. The maximum atomic E-state index is 11.4. The van der Waals surface area contributed by atoms with Gasteiger partial charge in [-0.2, -0.15) is 4.98 Å². The molecule has 3 aromatic rings. The summed E-state index contributed by atoms with van der Waals surface area (Å²) in [5.41, 5.74) is -0.0110. The van der Waals surface area contributed by atoms with Crippen molar-refractivity contribution in [1.29, 1.82) is 0 Å². The van der Waals surface area contributed by atoms with Crippen molar-refractivity contribution in [3.8, 4) is 11.6 Å². The van der Waals surface area contributed by atoms with E-state index < -0.39 is 5.97 Å². The van der Waals surface area contributed by atoms with Gasteiger partial charge in [0.15, 0.2) is 10.7 Å². The van der Waals surface area contributed by atoms with Crippen LogP contribution in [0.3, 0.4) is 0 Å². The number of thiazole rings is 1. The normalized spacial score (nSPS) is 10.9. The Morgan fingerprint density at radius 1 is 1.50 bits per heavy atom. The number of carboxylic acids is 1. The Hall–Kier alpha value is -1.57. The van der Waals surface area contributed by atoms with Gasteiger partial charge in [-0.3, -0.25) is 4.40 Å². The number of benzene rings is 1. The Kier molecular flexibility index (Phi) is 3.41. The average molecular weight is 374 g/mol. The van der Waals surface area contributed by atoms with Gasteiger partial charge in [-0.25, -0.2) is 4.79 Å². The largest absolute Gasteiger partial charge is 0.476 e. The van der Waals surface area contributed by atoms with Crippen LogP contribution in [0, 0.1) is 0 Å². The maximum Gasteiger partial charge on any atom is 0.358 e. The van der Waals surface area contributed by atoms with E-state index in [2.05, 4.69) is 20.9 Å². The molecule has 0 aliphatic carbocycles. The number of fused-ring (bicyclic) bond motifs is 1. The zero-order valence-corrected chi connectivity index (χ0v) is 12.9. The van der Waals surface area contributed by atoms with Crippen LogP contribution in [0.15, 0.2) is 34.2 Å². The van der Waals surface area contributed by atoms with Crippen molar-refractivity contribution < 1.29 is 14.6 Å². The van der Waals surface area contributed by atoms with Crippen LogP contribution in [0.5, 0.6) is 11.6 Å². The molecule has 0 radical (unpaired) electrons. The molecule has 8 heteroatoms. The Morgan fingerprint density at radius 3 is 3.00 bits per heavy atom. The van der Waals surface area contributed by atoms with E-state index in [9.17, 15) is 9.90 Å². The number of aromatic nitrogens is 2. The van der Waals surface area contributed by atoms with Crippen molar-refractivity contribution in [1.82, 2.24) is 9.38 Å². The molecule has 0 bridgehead atoms. The molecule has 1 aromatic carbocycles. The molecule has 5 nitrogen and oxygen atoms in total. The monoisotopic (exact) mass is 372 g/mol. The summed E-state index contributed by atoms with van der Waals surface area (Å²) in [5, 5.41) is 11.6. The Balaban J connectivity index is 2.08. The number of ether oxygens (including phenoxy) is 1. The van der Waals surface area contributed by atoms with Gasteiger partial charge in [-0.1, -0.05) is 11.6 Å². The second kappa shape index (κ2) is 5.08. The van der Waals surface area contributed by atoms with Gasteiger partial charge in [-0.15, -0.1) is 11.3 Å². The van der Waals surface area contributed by atoms with Gasteiger partial charge < -0.3 is 9.84 Å². The van der Waals surface area contributed by atoms with Crippen molar-refractivity contribution in [2.24, 2.45) is 0 Å². The highest BCUT2D eigenvalue weighted by Gasteiger charge is 2.22. The topological polar surface area (TPSA) is 63.8 Å². The fourth-order valence-electron chi connectivity index (χ4n) is 1.69. The predicted molar refractivity (Wildman–Crippen MR) is 79.3 cm³/mol. The molecule has 0 saturated carbocycles. The van der Waals surface area contributed by atoms with Crippen LogP contribution in [-0.2, 0) is 0 Å². The minimum absolute atomic E-state index is 0.0110. The van der Waals surface area contributed by atoms with E-state index in [0.29, 0.717) is 20.2 Å². The second-order valence-electron chi connectivity index (χ2n) is 3.80. The van der Waals surface area contributed by atoms with Gasteiger partial charge in [0.1, 0.15) is 5.75 Å². The molecule has 0 fully saturated rings. The van der Waals surface area contributed by atoms with E-state index in [0.717, 1.165) is 0 Å². The van der Waals surface area contributed by atoms with Crippen LogP contribution >= 0.6 is 38.9 Å². The number of carbonyl (C=O) groups is 1. The zero-order chi connectivity index (χ0) is 14.3. The lowest BCUT2D eigenvalue weighted by Gasteiger charge is -2.06. The van der Waals surface area contributed by atoms with E-state index in [-0.39, 0.29) is 11.6 Å². The minimum atomic E-state index is -1.10. The number of hydrogen-bond donors (Lipinski definition) is 1. The van der Waals surface area contributed by atoms with Gasteiger partial charge in [0, 0.05) is 16.6 Å². The third kappa shape index (κ3) is 2.28. The summed E-state index contributed by atoms with van der Waals surface area (Å²) in [6, 6.07) is 4.96. The van der Waals surface area contributed by atoms with Crippen LogP contribution in [-0.4, -0.2) is 20.5 Å². The SMILES string of the molecule is O=C(O)c1c(Oc2ccc(Cl)cc2Br)nc2sccn12. The van der Waals surface area contributed by atoms with Gasteiger partial charge in [0.25, 0.3) is 5.88 Å². The second-order valence-corrected chi connectivity index (χ2v) is 5.97. The van der Waals surface area contributed by atoms with Gasteiger partial charge in [0.05, 0.1) is 4.47 Å². The first kappa shape index (κ1) is 13.4. The van der Waals surface area contributed by atoms with Gasteiger partial charge >= 0.3 is 5.97 Å². The highest BCUT2D eigenvalue weighted by atomic mass is 79.9. The molecule has 0 atom stereocenters. The van der Waals surface area contributed by atoms with Crippen LogP contribution < -0.4 is 4.74 Å². The Bertz CT molecular complexity index is 814. The van der Waals surface area contributed by atoms with Crippen LogP contribution in [0.2, 0.25) is 5.02 Å². The molecule has 0 aliphatic rings. The van der Waals surface area contributed by atoms with Crippen molar-refractivity contribution in [2.45, 2.75) is 0 Å². The summed E-state index contributed by atoms with van der Waals surface area (Å²) in [6.45, 7) is 0. The summed E-state index contributed by atoms with van der Waals surface area (Å²) >= 11 is 10.5. The Labute approximate surface area is 130 Å². The first-order chi connectivity index (χ1) is 9.56. The van der Waals surface area contributed by atoms with Crippen molar-refractivity contribution in [3.05, 3.63) is 45.0 Å². The number of hydrogen-bond acceptors (Lipinski definition) is 4. The molecular weight excluding hydrogens is 368 g/mol. The smallest absolute Gasteiger partial charge is 0.358 e. The molecule has 2 aromatic heterocycles. The molecular formula is C12H6BrClN2O3S. The molecule has 2 heterocycles. The lowest BCUT2D eigenvalue weighted by Crippen LogP contribution is -2.02. The zero-order valence-electron chi connectivity index (χ0n) is 9.71. The predicted octanol–water partition coefficient (Wildman–Crippen LogP) is 4.30. The van der Waals surface area contributed by atoms with Crippen LogP contribution in [0.4, 0.5) is 0 Å². The van der Waals surface area contributed by atoms with Crippen LogP contribution in [0.1, 0.15) is 10.5 Å². The molecule has 0 amide bonds. The quantitative estimate of drug-likeness (QED) is 0.743. The number of carboxylic acid groups (broad SMARTS) is 1. The lowest BCUT2D eigenvalue weighted by molar-refractivity contribution is 0.0686. The third-order valence-electron chi connectivity index (χ3n) is 2.53. The molecule has 1 N–H and O–H groups in total. The number of halogens is 2. The summed E-state index contributed by atoms with van der Waals surface area (Å²) in [7, 11) is 0.